The number of nitrogens with one attached hydrogen (secondary N) is 2. The summed E-state index contributed by atoms with van der Waals surface area (Å²) in [6.45, 7) is 9.09. The maximum absolute atomic E-state index is 13.8. The number of nitrogens with two attached hydrogens (primary N) is 2. The van der Waals surface area contributed by atoms with Crippen LogP contribution in [0.15, 0.2) is 70.8 Å². The second kappa shape index (κ2) is 16.0. The highest BCUT2D eigenvalue weighted by molar-refractivity contribution is 7.99. The number of carbonyl (C=O) groups excluding carboxylic acids is 2. The van der Waals surface area contributed by atoms with Crippen molar-refractivity contribution in [1.29, 1.82) is 10.8 Å². The summed E-state index contributed by atoms with van der Waals surface area (Å²) in [6, 6.07) is 14.8. The van der Waals surface area contributed by atoms with Gasteiger partial charge in [0.05, 0.1) is 35.2 Å². The third-order valence-corrected chi connectivity index (χ3v) is 9.62. The lowest BCUT2D eigenvalue weighted by Crippen LogP contribution is -2.42. The standard InChI is InChI=1S/C36H44N10O2S/c1-4-46(30-11-10-29(38)34(43-30)33(39)27-9-12-31(41-19-27)49-23(2)3)36(48)28-13-16-44(20-28)21-32(47)45-17-14-25(15-18-45)24-5-7-26(8-6-24)35(40)42-22-37/h5-12,14,19,22-23,28,39H,4,13,15-18,20-21,38H2,1-3H3,(H3,37,40,42)/t28-/m1/s1. The number of rotatable bonds is 11. The molecule has 1 fully saturated rings. The molecule has 2 aromatic heterocycles. The van der Waals surface area contributed by atoms with Gasteiger partial charge in [-0.2, -0.15) is 0 Å². The number of aliphatic imine (C=N–C) groups is 1. The Morgan fingerprint density at radius 1 is 1.10 bits per heavy atom. The molecule has 0 spiro atoms. The van der Waals surface area contributed by atoms with E-state index in [1.54, 1.807) is 35.0 Å². The van der Waals surface area contributed by atoms with Crippen molar-refractivity contribution < 1.29 is 9.59 Å². The minimum Gasteiger partial charge on any atom is -0.397 e. The Kier molecular flexibility index (Phi) is 11.6. The van der Waals surface area contributed by atoms with E-state index in [1.165, 1.54) is 5.57 Å². The molecule has 49 heavy (non-hydrogen) atoms. The second-order valence-electron chi connectivity index (χ2n) is 12.4. The average molecular weight is 681 g/mol. The molecular weight excluding hydrogens is 637 g/mol. The van der Waals surface area contributed by atoms with Crippen LogP contribution < -0.4 is 16.4 Å². The number of carbonyl (C=O) groups is 2. The molecule has 6 N–H and O–H groups in total. The highest BCUT2D eigenvalue weighted by Crippen LogP contribution is 2.27. The first-order chi connectivity index (χ1) is 23.6. The molecular formula is C36H44N10O2S. The van der Waals surface area contributed by atoms with E-state index in [-0.39, 0.29) is 35.8 Å². The van der Waals surface area contributed by atoms with E-state index in [9.17, 15) is 9.59 Å². The molecule has 1 saturated heterocycles. The topological polar surface area (TPSA) is 182 Å². The highest BCUT2D eigenvalue weighted by atomic mass is 32.2. The Bertz CT molecular complexity index is 1750. The molecule has 3 aromatic rings. The molecule has 4 heterocycles. The molecule has 2 aliphatic rings. The van der Waals surface area contributed by atoms with Gasteiger partial charge in [-0.25, -0.2) is 15.0 Å². The number of amides is 2. The molecule has 0 radical (unpaired) electrons. The summed E-state index contributed by atoms with van der Waals surface area (Å²) in [7, 11) is 0. The van der Waals surface area contributed by atoms with Gasteiger partial charge >= 0.3 is 0 Å². The van der Waals surface area contributed by atoms with Crippen LogP contribution in [0.25, 0.3) is 5.57 Å². The Hall–Kier alpha value is -4.88. The maximum Gasteiger partial charge on any atom is 0.237 e. The van der Waals surface area contributed by atoms with Gasteiger partial charge in [0.1, 0.15) is 11.5 Å². The number of nitrogen functional groups attached to an aromatic ring is 1. The lowest BCUT2D eigenvalue weighted by atomic mass is 9.98. The SMILES string of the molecule is CCN(C(=O)[C@@H]1CCN(CC(=O)N2CC=C(c3ccc(C(=N)/N=C\N)cc3)CC2)C1)c1ccc(N)c(C(=N)c2ccc(SC(C)C)nc2)n1. The molecule has 12 nitrogen and oxygen atoms in total. The van der Waals surface area contributed by atoms with Crippen LogP contribution in [0.3, 0.4) is 0 Å². The van der Waals surface area contributed by atoms with E-state index in [2.05, 4.69) is 39.8 Å². The van der Waals surface area contributed by atoms with E-state index in [4.69, 9.17) is 22.3 Å². The number of amidine groups is 1. The van der Waals surface area contributed by atoms with Gasteiger partial charge in [0.15, 0.2) is 5.84 Å². The summed E-state index contributed by atoms with van der Waals surface area (Å²) in [4.78, 5) is 45.5. The number of anilines is 2. The van der Waals surface area contributed by atoms with Crippen LogP contribution in [0.4, 0.5) is 11.5 Å². The Labute approximate surface area is 291 Å². The molecule has 1 aromatic carbocycles. The first-order valence-corrected chi connectivity index (χ1v) is 17.4. The predicted molar refractivity (Wildman–Crippen MR) is 198 cm³/mol. The van der Waals surface area contributed by atoms with Gasteiger partial charge in [-0.15, -0.1) is 11.8 Å². The van der Waals surface area contributed by atoms with Crippen molar-refractivity contribution in [3.63, 3.8) is 0 Å². The number of thioether (sulfide) groups is 1. The van der Waals surface area contributed by atoms with E-state index in [1.807, 2.05) is 48.2 Å². The molecule has 2 amide bonds. The normalized spacial score (nSPS) is 16.6. The van der Waals surface area contributed by atoms with Gasteiger partial charge in [-0.1, -0.05) is 44.2 Å². The summed E-state index contributed by atoms with van der Waals surface area (Å²) >= 11 is 1.65. The molecule has 2 aliphatic heterocycles. The van der Waals surface area contributed by atoms with Crippen molar-refractivity contribution in [3.8, 4) is 0 Å². The van der Waals surface area contributed by atoms with Crippen LogP contribution in [-0.2, 0) is 9.59 Å². The van der Waals surface area contributed by atoms with Crippen LogP contribution in [0, 0.1) is 16.7 Å². The quantitative estimate of drug-likeness (QED) is 0.132. The predicted octanol–water partition coefficient (Wildman–Crippen LogP) is 4.28. The smallest absolute Gasteiger partial charge is 0.237 e. The molecule has 13 heteroatoms. The van der Waals surface area contributed by atoms with Gasteiger partial charge in [0.25, 0.3) is 0 Å². The fourth-order valence-corrected chi connectivity index (χ4v) is 6.80. The molecule has 0 saturated carbocycles. The number of hydrogen-bond donors (Lipinski definition) is 4. The van der Waals surface area contributed by atoms with Crippen molar-refractivity contribution in [1.82, 2.24) is 19.8 Å². The third-order valence-electron chi connectivity index (χ3n) is 8.66. The zero-order valence-electron chi connectivity index (χ0n) is 28.2. The van der Waals surface area contributed by atoms with Crippen LogP contribution in [-0.4, -0.2) is 94.0 Å². The maximum atomic E-state index is 13.8. The van der Waals surface area contributed by atoms with Gasteiger partial charge in [-0.05, 0) is 61.7 Å². The fraction of sp³-hybridized carbons (Fsp3) is 0.361. The number of benzene rings is 1. The van der Waals surface area contributed by atoms with Gasteiger partial charge < -0.3 is 16.4 Å². The van der Waals surface area contributed by atoms with Gasteiger partial charge in [0.2, 0.25) is 11.8 Å². The molecule has 0 aliphatic carbocycles. The number of nitrogens with zero attached hydrogens (tertiary/aromatic N) is 6. The van der Waals surface area contributed by atoms with Crippen LogP contribution in [0.2, 0.25) is 0 Å². The summed E-state index contributed by atoms with van der Waals surface area (Å²) < 4.78 is 0. The number of aromatic nitrogens is 2. The first kappa shape index (κ1) is 35.4. The summed E-state index contributed by atoms with van der Waals surface area (Å²) in [5, 5.41) is 18.0. The Balaban J connectivity index is 1.17. The van der Waals surface area contributed by atoms with E-state index < -0.39 is 0 Å². The Morgan fingerprint density at radius 2 is 1.86 bits per heavy atom. The average Bonchev–Trinajstić information content (AvgIpc) is 3.57. The fourth-order valence-electron chi connectivity index (χ4n) is 6.06. The molecule has 1 atom stereocenters. The highest BCUT2D eigenvalue weighted by Gasteiger charge is 2.34. The van der Waals surface area contributed by atoms with Crippen molar-refractivity contribution in [2.75, 3.05) is 49.9 Å². The largest absolute Gasteiger partial charge is 0.397 e. The molecule has 0 unspecified atom stereocenters. The van der Waals surface area contributed by atoms with Crippen molar-refractivity contribution >= 4 is 58.5 Å². The van der Waals surface area contributed by atoms with Crippen LogP contribution in [0.1, 0.15) is 56.0 Å². The zero-order chi connectivity index (χ0) is 35.1. The summed E-state index contributed by atoms with van der Waals surface area (Å²) in [6.07, 6.45) is 6.25. The van der Waals surface area contributed by atoms with E-state index in [0.29, 0.717) is 72.7 Å². The summed E-state index contributed by atoms with van der Waals surface area (Å²) in [5.41, 5.74) is 15.9. The van der Waals surface area contributed by atoms with Crippen LogP contribution in [0.5, 0.6) is 0 Å². The van der Waals surface area contributed by atoms with Crippen molar-refractivity contribution in [2.45, 2.75) is 43.9 Å². The Morgan fingerprint density at radius 3 is 2.49 bits per heavy atom. The molecule has 256 valence electrons. The van der Waals surface area contributed by atoms with E-state index >= 15 is 0 Å². The summed E-state index contributed by atoms with van der Waals surface area (Å²) in [5.74, 6) is 0.293. The zero-order valence-corrected chi connectivity index (χ0v) is 29.0. The number of hydrogen-bond acceptors (Lipinski definition) is 9. The van der Waals surface area contributed by atoms with Crippen molar-refractivity contribution in [3.05, 3.63) is 83.2 Å². The lowest BCUT2D eigenvalue weighted by Gasteiger charge is -2.29. The number of likely N-dealkylation sites (tertiary alicyclic amines) is 1. The minimum atomic E-state index is -0.266. The molecule has 0 bridgehead atoms. The number of pyridine rings is 2. The van der Waals surface area contributed by atoms with E-state index in [0.717, 1.165) is 23.3 Å². The third kappa shape index (κ3) is 8.59. The second-order valence-corrected chi connectivity index (χ2v) is 14.0. The van der Waals surface area contributed by atoms with Crippen LogP contribution >= 0.6 is 11.8 Å². The lowest BCUT2D eigenvalue weighted by molar-refractivity contribution is -0.132. The van der Waals surface area contributed by atoms with Gasteiger partial charge in [0, 0.05) is 48.8 Å². The monoisotopic (exact) mass is 680 g/mol. The minimum absolute atomic E-state index is 0.0490. The first-order valence-electron chi connectivity index (χ1n) is 16.5. The van der Waals surface area contributed by atoms with Gasteiger partial charge in [-0.3, -0.25) is 30.2 Å². The molecule has 5 rings (SSSR count). The van der Waals surface area contributed by atoms with Crippen molar-refractivity contribution in [2.24, 2.45) is 16.6 Å².